The van der Waals surface area contributed by atoms with E-state index in [1.54, 1.807) is 13.8 Å². The maximum Gasteiger partial charge on any atom is 0.321 e. The predicted octanol–water partition coefficient (Wildman–Crippen LogP) is 1.23. The molecule has 0 amide bonds. The van der Waals surface area contributed by atoms with Gasteiger partial charge in [0.05, 0.1) is 25.4 Å². The maximum absolute atomic E-state index is 12.5. The van der Waals surface area contributed by atoms with Crippen molar-refractivity contribution in [3.63, 3.8) is 0 Å². The zero-order chi connectivity index (χ0) is 17.3. The van der Waals surface area contributed by atoms with E-state index in [0.717, 1.165) is 0 Å². The van der Waals surface area contributed by atoms with Gasteiger partial charge >= 0.3 is 17.9 Å². The van der Waals surface area contributed by atoms with Gasteiger partial charge in [-0.05, 0) is 27.7 Å². The normalized spacial score (nSPS) is 32.4. The zero-order valence-corrected chi connectivity index (χ0v) is 14.0. The Morgan fingerprint density at radius 2 is 1.78 bits per heavy atom. The van der Waals surface area contributed by atoms with Gasteiger partial charge in [0.15, 0.2) is 5.92 Å². The Bertz CT molecular complexity index is 499. The van der Waals surface area contributed by atoms with Crippen molar-refractivity contribution in [2.24, 2.45) is 11.8 Å². The van der Waals surface area contributed by atoms with E-state index in [-0.39, 0.29) is 13.2 Å². The lowest BCUT2D eigenvalue weighted by molar-refractivity contribution is -0.185. The summed E-state index contributed by atoms with van der Waals surface area (Å²) in [5, 5.41) is 0. The second-order valence-corrected chi connectivity index (χ2v) is 6.48. The molecule has 2 rings (SSSR count). The molecule has 2 aliphatic rings. The molecule has 0 bridgehead atoms. The molecule has 2 fully saturated rings. The number of hydrogen-bond acceptors (Lipinski definition) is 7. The van der Waals surface area contributed by atoms with Crippen LogP contribution in [0.4, 0.5) is 0 Å². The first-order valence-electron chi connectivity index (χ1n) is 7.96. The van der Waals surface area contributed by atoms with Crippen LogP contribution in [0.2, 0.25) is 0 Å². The predicted molar refractivity (Wildman–Crippen MR) is 78.3 cm³/mol. The van der Waals surface area contributed by atoms with Gasteiger partial charge in [-0.2, -0.15) is 0 Å². The van der Waals surface area contributed by atoms with Gasteiger partial charge < -0.3 is 18.9 Å². The number of ether oxygens (including phenoxy) is 4. The van der Waals surface area contributed by atoms with Crippen LogP contribution in [0, 0.1) is 11.8 Å². The molecule has 0 aromatic heterocycles. The second kappa shape index (κ2) is 6.47. The molecule has 130 valence electrons. The molecule has 0 aliphatic carbocycles. The molecule has 1 spiro atoms. The number of carbonyl (C=O) groups excluding carboxylic acids is 3. The minimum Gasteiger partial charge on any atom is -0.466 e. The van der Waals surface area contributed by atoms with Crippen LogP contribution in [0.3, 0.4) is 0 Å². The average molecular weight is 328 g/mol. The Labute approximate surface area is 135 Å². The van der Waals surface area contributed by atoms with Gasteiger partial charge in [-0.15, -0.1) is 0 Å². The number of esters is 3. The summed E-state index contributed by atoms with van der Waals surface area (Å²) in [6.45, 7) is 7.67. The Morgan fingerprint density at radius 1 is 1.17 bits per heavy atom. The number of hydrogen-bond donors (Lipinski definition) is 0. The van der Waals surface area contributed by atoms with Crippen LogP contribution in [0.5, 0.6) is 0 Å². The van der Waals surface area contributed by atoms with Crippen molar-refractivity contribution in [1.82, 2.24) is 0 Å². The largest absolute Gasteiger partial charge is 0.466 e. The molecule has 7 heteroatoms. The number of carbonyl (C=O) groups is 3. The minimum absolute atomic E-state index is 0.125. The molecule has 3 atom stereocenters. The zero-order valence-electron chi connectivity index (χ0n) is 14.0. The minimum atomic E-state index is -1.28. The summed E-state index contributed by atoms with van der Waals surface area (Å²) in [7, 11) is 0. The van der Waals surface area contributed by atoms with E-state index in [4.69, 9.17) is 18.9 Å². The fraction of sp³-hybridized carbons (Fsp3) is 0.812. The average Bonchev–Trinajstić information content (AvgIpc) is 2.69. The van der Waals surface area contributed by atoms with Crippen molar-refractivity contribution >= 4 is 17.9 Å². The van der Waals surface area contributed by atoms with E-state index in [1.165, 1.54) is 0 Å². The van der Waals surface area contributed by atoms with Crippen molar-refractivity contribution in [2.45, 2.75) is 51.7 Å². The van der Waals surface area contributed by atoms with Crippen molar-refractivity contribution in [3.05, 3.63) is 0 Å². The molecule has 0 unspecified atom stereocenters. The Balaban J connectivity index is 2.39. The highest BCUT2D eigenvalue weighted by Crippen LogP contribution is 2.48. The van der Waals surface area contributed by atoms with E-state index in [2.05, 4.69) is 0 Å². The standard InChI is InChI=1S/C16H24O7/c1-5-20-12(17)10-11(14(19)21-6-2)16(23-13(10)18)7-8-22-15(3,4)9-16/h10-11H,5-9H2,1-4H3/t10-,11+,16-/m1/s1. The Hall–Kier alpha value is -1.63. The topological polar surface area (TPSA) is 88.1 Å². The Morgan fingerprint density at radius 3 is 2.35 bits per heavy atom. The van der Waals surface area contributed by atoms with Gasteiger partial charge in [0.2, 0.25) is 0 Å². The first kappa shape index (κ1) is 17.7. The van der Waals surface area contributed by atoms with Gasteiger partial charge in [0.1, 0.15) is 11.5 Å². The summed E-state index contributed by atoms with van der Waals surface area (Å²) in [5.41, 5.74) is -1.64. The fourth-order valence-corrected chi connectivity index (χ4v) is 3.53. The lowest BCUT2D eigenvalue weighted by Gasteiger charge is -2.43. The van der Waals surface area contributed by atoms with Crippen LogP contribution < -0.4 is 0 Å². The van der Waals surface area contributed by atoms with E-state index >= 15 is 0 Å². The molecular formula is C16H24O7. The quantitative estimate of drug-likeness (QED) is 0.436. The van der Waals surface area contributed by atoms with Crippen molar-refractivity contribution < 1.29 is 33.3 Å². The van der Waals surface area contributed by atoms with Crippen LogP contribution in [0.25, 0.3) is 0 Å². The third-order valence-corrected chi connectivity index (χ3v) is 4.28. The summed E-state index contributed by atoms with van der Waals surface area (Å²) >= 11 is 0. The molecule has 0 saturated carbocycles. The summed E-state index contributed by atoms with van der Waals surface area (Å²) in [6.07, 6.45) is 0.673. The van der Waals surface area contributed by atoms with Crippen LogP contribution in [0.1, 0.15) is 40.5 Å². The van der Waals surface area contributed by atoms with Crippen molar-refractivity contribution in [1.29, 1.82) is 0 Å². The molecule has 2 saturated heterocycles. The third-order valence-electron chi connectivity index (χ3n) is 4.28. The first-order chi connectivity index (χ1) is 10.8. The van der Waals surface area contributed by atoms with Gasteiger partial charge in [-0.25, -0.2) is 0 Å². The molecule has 0 aromatic rings. The van der Waals surface area contributed by atoms with Gasteiger partial charge in [-0.3, -0.25) is 14.4 Å². The molecule has 23 heavy (non-hydrogen) atoms. The lowest BCUT2D eigenvalue weighted by atomic mass is 9.72. The SMILES string of the molecule is CCOC(=O)[C@@H]1C(=O)O[C@@]2(CCOC(C)(C)C2)[C@@H]1C(=O)OCC. The molecular weight excluding hydrogens is 304 g/mol. The molecule has 2 aliphatic heterocycles. The van der Waals surface area contributed by atoms with Crippen molar-refractivity contribution in [2.75, 3.05) is 19.8 Å². The van der Waals surface area contributed by atoms with Crippen LogP contribution in [-0.4, -0.2) is 48.9 Å². The van der Waals surface area contributed by atoms with Crippen molar-refractivity contribution in [3.8, 4) is 0 Å². The van der Waals surface area contributed by atoms with Crippen LogP contribution in [0.15, 0.2) is 0 Å². The van der Waals surface area contributed by atoms with Crippen LogP contribution >= 0.6 is 0 Å². The molecule has 7 nitrogen and oxygen atoms in total. The van der Waals surface area contributed by atoms with Gasteiger partial charge in [-0.1, -0.05) is 0 Å². The molecule has 0 N–H and O–H groups in total. The van der Waals surface area contributed by atoms with E-state index in [1.807, 2.05) is 13.8 Å². The monoisotopic (exact) mass is 328 g/mol. The summed E-state index contributed by atoms with van der Waals surface area (Å²) in [4.78, 5) is 37.0. The summed E-state index contributed by atoms with van der Waals surface area (Å²) in [5.74, 6) is -4.34. The highest BCUT2D eigenvalue weighted by atomic mass is 16.6. The molecule has 0 aromatic carbocycles. The maximum atomic E-state index is 12.5. The third kappa shape index (κ3) is 3.34. The Kier molecular flexibility index (Phi) is 4.98. The van der Waals surface area contributed by atoms with Gasteiger partial charge in [0, 0.05) is 12.8 Å². The second-order valence-electron chi connectivity index (χ2n) is 6.48. The van der Waals surface area contributed by atoms with E-state index in [9.17, 15) is 14.4 Å². The molecule has 0 radical (unpaired) electrons. The van der Waals surface area contributed by atoms with E-state index < -0.39 is 40.9 Å². The number of rotatable bonds is 4. The lowest BCUT2D eigenvalue weighted by Crippen LogP contribution is -2.53. The highest BCUT2D eigenvalue weighted by molar-refractivity contribution is 6.02. The molecule has 2 heterocycles. The van der Waals surface area contributed by atoms with Gasteiger partial charge in [0.25, 0.3) is 0 Å². The fourth-order valence-electron chi connectivity index (χ4n) is 3.53. The smallest absolute Gasteiger partial charge is 0.321 e. The first-order valence-corrected chi connectivity index (χ1v) is 7.96. The summed E-state index contributed by atoms with van der Waals surface area (Å²) < 4.78 is 21.3. The highest BCUT2D eigenvalue weighted by Gasteiger charge is 2.65. The van der Waals surface area contributed by atoms with Crippen LogP contribution in [-0.2, 0) is 33.3 Å². The summed E-state index contributed by atoms with van der Waals surface area (Å²) in [6, 6.07) is 0. The van der Waals surface area contributed by atoms with E-state index in [0.29, 0.717) is 19.4 Å².